The topological polar surface area (TPSA) is 29.1 Å². The van der Waals surface area contributed by atoms with Gasteiger partial charge < -0.3 is 5.32 Å². The molecule has 0 radical (unpaired) electrons. The first-order chi connectivity index (χ1) is 11.7. The molecule has 0 saturated heterocycles. The lowest BCUT2D eigenvalue weighted by Gasteiger charge is -2.19. The summed E-state index contributed by atoms with van der Waals surface area (Å²) in [6, 6.07) is 15.0. The highest BCUT2D eigenvalue weighted by molar-refractivity contribution is 5.76. The van der Waals surface area contributed by atoms with E-state index in [2.05, 4.69) is 89.3 Å². The average molecular weight is 338 g/mol. The Morgan fingerprint density at radius 3 is 2.28 bits per heavy atom. The third-order valence-electron chi connectivity index (χ3n) is 4.74. The molecule has 0 aromatic heterocycles. The molecule has 0 saturated carbocycles. The second-order valence-corrected chi connectivity index (χ2v) is 8.10. The van der Waals surface area contributed by atoms with Crippen molar-refractivity contribution in [1.29, 1.82) is 0 Å². The fourth-order valence-corrected chi connectivity index (χ4v) is 3.05. The van der Waals surface area contributed by atoms with Gasteiger partial charge in [-0.15, -0.1) is 0 Å². The van der Waals surface area contributed by atoms with Crippen molar-refractivity contribution in [2.75, 3.05) is 0 Å². The molecule has 1 atom stereocenters. The number of hydrogen-bond donors (Lipinski definition) is 1. The monoisotopic (exact) mass is 337 g/mol. The molecule has 0 bridgehead atoms. The third kappa shape index (κ3) is 5.45. The first-order valence-corrected chi connectivity index (χ1v) is 9.13. The molecule has 2 heteroatoms. The number of rotatable bonds is 5. The van der Waals surface area contributed by atoms with Gasteiger partial charge >= 0.3 is 0 Å². The minimum Gasteiger partial charge on any atom is -0.350 e. The van der Waals surface area contributed by atoms with Crippen LogP contribution in [-0.4, -0.2) is 5.91 Å². The number of benzene rings is 2. The summed E-state index contributed by atoms with van der Waals surface area (Å²) in [5.74, 6) is 0.105. The van der Waals surface area contributed by atoms with Crippen LogP contribution in [-0.2, 0) is 16.6 Å². The lowest BCUT2D eigenvalue weighted by molar-refractivity contribution is -0.121. The molecule has 1 N–H and O–H groups in total. The van der Waals surface area contributed by atoms with Crippen LogP contribution in [0.1, 0.15) is 68.0 Å². The minimum atomic E-state index is 0.0377. The van der Waals surface area contributed by atoms with Gasteiger partial charge in [0, 0.05) is 6.42 Å². The summed E-state index contributed by atoms with van der Waals surface area (Å²) < 4.78 is 0. The molecule has 0 aliphatic rings. The Hall–Kier alpha value is -2.09. The van der Waals surface area contributed by atoms with Crippen LogP contribution >= 0.6 is 0 Å². The zero-order valence-electron chi connectivity index (χ0n) is 16.4. The molecule has 2 aromatic carbocycles. The Labute approximate surface area is 152 Å². The molecule has 0 heterocycles. The van der Waals surface area contributed by atoms with Crippen LogP contribution < -0.4 is 5.32 Å². The van der Waals surface area contributed by atoms with Gasteiger partial charge in [-0.25, -0.2) is 0 Å². The summed E-state index contributed by atoms with van der Waals surface area (Å²) in [7, 11) is 0. The van der Waals surface area contributed by atoms with Crippen LogP contribution in [0.2, 0.25) is 0 Å². The highest BCUT2D eigenvalue weighted by Gasteiger charge is 2.14. The summed E-state index contributed by atoms with van der Waals surface area (Å²) in [6.07, 6.45) is 1.29. The van der Waals surface area contributed by atoms with Gasteiger partial charge in [-0.05, 0) is 54.9 Å². The third-order valence-corrected chi connectivity index (χ3v) is 4.74. The van der Waals surface area contributed by atoms with Gasteiger partial charge in [0.25, 0.3) is 0 Å². The van der Waals surface area contributed by atoms with E-state index in [1.54, 1.807) is 0 Å². The smallest absolute Gasteiger partial charge is 0.220 e. The van der Waals surface area contributed by atoms with E-state index in [1.807, 2.05) is 0 Å². The molecule has 2 aromatic rings. The van der Waals surface area contributed by atoms with Crippen molar-refractivity contribution < 1.29 is 4.79 Å². The Bertz CT molecular complexity index is 723. The molecule has 2 rings (SSSR count). The molecular formula is C23H31NO. The average Bonchev–Trinajstić information content (AvgIpc) is 2.54. The second kappa shape index (κ2) is 7.86. The van der Waals surface area contributed by atoms with E-state index < -0.39 is 0 Å². The van der Waals surface area contributed by atoms with E-state index in [9.17, 15) is 4.79 Å². The minimum absolute atomic E-state index is 0.0377. The molecule has 0 fully saturated rings. The molecule has 2 nitrogen and oxygen atoms in total. The number of nitrogens with one attached hydrogen (secondary N) is 1. The summed E-state index contributed by atoms with van der Waals surface area (Å²) in [4.78, 5) is 12.3. The van der Waals surface area contributed by atoms with Crippen molar-refractivity contribution in [1.82, 2.24) is 5.32 Å². The fourth-order valence-electron chi connectivity index (χ4n) is 3.05. The maximum atomic E-state index is 12.3. The highest BCUT2D eigenvalue weighted by Crippen LogP contribution is 2.23. The second-order valence-electron chi connectivity index (χ2n) is 8.10. The number of aryl methyl sites for hydroxylation is 3. The fraction of sp³-hybridized carbons (Fsp3) is 0.435. The Kier molecular flexibility index (Phi) is 6.05. The Morgan fingerprint density at radius 1 is 1.04 bits per heavy atom. The SMILES string of the molecule is Cc1ccc(C)c([C@@H](C)NC(=O)CCc2ccc(C(C)(C)C)cc2)c1. The van der Waals surface area contributed by atoms with E-state index in [0.29, 0.717) is 6.42 Å². The molecule has 1 amide bonds. The summed E-state index contributed by atoms with van der Waals surface area (Å²) in [5.41, 5.74) is 6.34. The van der Waals surface area contributed by atoms with Crippen LogP contribution in [0.5, 0.6) is 0 Å². The molecule has 0 unspecified atom stereocenters. The zero-order chi connectivity index (χ0) is 18.6. The first kappa shape index (κ1) is 19.2. The van der Waals surface area contributed by atoms with E-state index >= 15 is 0 Å². The van der Waals surface area contributed by atoms with Crippen LogP contribution in [0.4, 0.5) is 0 Å². The zero-order valence-corrected chi connectivity index (χ0v) is 16.4. The van der Waals surface area contributed by atoms with Crippen molar-refractivity contribution in [3.8, 4) is 0 Å². The van der Waals surface area contributed by atoms with Crippen molar-refractivity contribution >= 4 is 5.91 Å². The van der Waals surface area contributed by atoms with Gasteiger partial charge in [0.2, 0.25) is 5.91 Å². The standard InChI is InChI=1S/C23H31NO/c1-16-7-8-17(2)21(15-16)18(3)24-22(25)14-11-19-9-12-20(13-10-19)23(4,5)6/h7-10,12-13,15,18H,11,14H2,1-6H3,(H,24,25)/t18-/m1/s1. The van der Waals surface area contributed by atoms with Crippen molar-refractivity contribution in [2.45, 2.75) is 65.8 Å². The largest absolute Gasteiger partial charge is 0.350 e. The normalized spacial score (nSPS) is 12.7. The predicted molar refractivity (Wildman–Crippen MR) is 106 cm³/mol. The van der Waals surface area contributed by atoms with Crippen molar-refractivity contribution in [3.63, 3.8) is 0 Å². The quantitative estimate of drug-likeness (QED) is 0.776. The van der Waals surface area contributed by atoms with Gasteiger partial charge in [-0.1, -0.05) is 68.8 Å². The Balaban J connectivity index is 1.91. The summed E-state index contributed by atoms with van der Waals surface area (Å²) >= 11 is 0. The maximum absolute atomic E-state index is 12.3. The molecule has 0 aliphatic carbocycles. The van der Waals surface area contributed by atoms with E-state index in [0.717, 1.165) is 6.42 Å². The molecule has 134 valence electrons. The van der Waals surface area contributed by atoms with E-state index in [1.165, 1.54) is 27.8 Å². The van der Waals surface area contributed by atoms with Gasteiger partial charge in [0.15, 0.2) is 0 Å². The van der Waals surface area contributed by atoms with Crippen molar-refractivity contribution in [2.24, 2.45) is 0 Å². The van der Waals surface area contributed by atoms with Crippen LogP contribution in [0.15, 0.2) is 42.5 Å². The highest BCUT2D eigenvalue weighted by atomic mass is 16.1. The van der Waals surface area contributed by atoms with Crippen LogP contribution in [0, 0.1) is 13.8 Å². The van der Waals surface area contributed by atoms with Crippen LogP contribution in [0.25, 0.3) is 0 Å². The molecular weight excluding hydrogens is 306 g/mol. The number of hydrogen-bond acceptors (Lipinski definition) is 1. The first-order valence-electron chi connectivity index (χ1n) is 9.13. The maximum Gasteiger partial charge on any atom is 0.220 e. The number of carbonyl (C=O) groups is 1. The molecule has 0 spiro atoms. The van der Waals surface area contributed by atoms with Gasteiger partial charge in [-0.2, -0.15) is 0 Å². The molecule has 0 aliphatic heterocycles. The van der Waals surface area contributed by atoms with Crippen LogP contribution in [0.3, 0.4) is 0 Å². The molecule has 25 heavy (non-hydrogen) atoms. The number of amides is 1. The predicted octanol–water partition coefficient (Wildman–Crippen LogP) is 5.41. The van der Waals surface area contributed by atoms with Gasteiger partial charge in [-0.3, -0.25) is 4.79 Å². The lowest BCUT2D eigenvalue weighted by atomic mass is 9.86. The van der Waals surface area contributed by atoms with E-state index in [4.69, 9.17) is 0 Å². The van der Waals surface area contributed by atoms with E-state index in [-0.39, 0.29) is 17.4 Å². The summed E-state index contributed by atoms with van der Waals surface area (Å²) in [6.45, 7) is 12.9. The van der Waals surface area contributed by atoms with Gasteiger partial charge in [0.1, 0.15) is 0 Å². The number of carbonyl (C=O) groups excluding carboxylic acids is 1. The van der Waals surface area contributed by atoms with Crippen molar-refractivity contribution in [3.05, 3.63) is 70.3 Å². The Morgan fingerprint density at radius 2 is 1.68 bits per heavy atom. The summed E-state index contributed by atoms with van der Waals surface area (Å²) in [5, 5.41) is 3.13. The lowest BCUT2D eigenvalue weighted by Crippen LogP contribution is -2.27. The van der Waals surface area contributed by atoms with Gasteiger partial charge in [0.05, 0.1) is 6.04 Å².